The lowest BCUT2D eigenvalue weighted by Gasteiger charge is -1.96. The van der Waals surface area contributed by atoms with Gasteiger partial charge < -0.3 is 4.98 Å². The number of halogens is 1. The van der Waals surface area contributed by atoms with E-state index in [1.165, 1.54) is 0 Å². The second kappa shape index (κ2) is 4.54. The number of carbonyl (C=O) groups is 2. The maximum absolute atomic E-state index is 11.6. The molecule has 0 saturated carbocycles. The van der Waals surface area contributed by atoms with Gasteiger partial charge in [-0.05, 0) is 43.0 Å². The molecular weight excluding hydrogens is 328 g/mol. The third-order valence-electron chi connectivity index (χ3n) is 2.92. The normalized spacial score (nSPS) is 17.5. The molecule has 4 nitrogen and oxygen atoms in total. The Morgan fingerprint density at radius 3 is 2.79 bits per heavy atom. The van der Waals surface area contributed by atoms with Crippen LogP contribution in [0.2, 0.25) is 0 Å². The van der Waals surface area contributed by atoms with Gasteiger partial charge >= 0.3 is 0 Å². The van der Waals surface area contributed by atoms with E-state index in [0.717, 1.165) is 38.4 Å². The summed E-state index contributed by atoms with van der Waals surface area (Å²) in [4.78, 5) is 26.4. The highest BCUT2D eigenvalue weighted by Gasteiger charge is 2.25. The van der Waals surface area contributed by atoms with Crippen LogP contribution in [0.4, 0.5) is 4.79 Å². The number of hydrogen-bond donors (Lipinski definition) is 2. The molecule has 2 N–H and O–H groups in total. The molecule has 1 saturated heterocycles. The van der Waals surface area contributed by atoms with Gasteiger partial charge in [0.1, 0.15) is 0 Å². The lowest BCUT2D eigenvalue weighted by atomic mass is 10.1. The summed E-state index contributed by atoms with van der Waals surface area (Å²) in [5.41, 5.74) is 2.90. The number of aromatic nitrogens is 1. The average Bonchev–Trinajstić information content (AvgIpc) is 2.81. The van der Waals surface area contributed by atoms with Crippen molar-refractivity contribution in [3.05, 3.63) is 38.8 Å². The number of imide groups is 1. The summed E-state index contributed by atoms with van der Waals surface area (Å²) in [5, 5.41) is 2.95. The van der Waals surface area contributed by atoms with Crippen LogP contribution >= 0.6 is 27.7 Å². The maximum Gasteiger partial charge on any atom is 0.290 e. The van der Waals surface area contributed by atoms with Gasteiger partial charge in [-0.3, -0.25) is 14.9 Å². The zero-order valence-corrected chi connectivity index (χ0v) is 12.3. The van der Waals surface area contributed by atoms with E-state index in [1.54, 1.807) is 6.08 Å². The minimum absolute atomic E-state index is 0.324. The van der Waals surface area contributed by atoms with E-state index < -0.39 is 0 Å². The van der Waals surface area contributed by atoms with Crippen molar-refractivity contribution in [1.82, 2.24) is 10.3 Å². The number of rotatable bonds is 1. The van der Waals surface area contributed by atoms with E-state index in [-0.39, 0.29) is 11.1 Å². The number of hydrogen-bond acceptors (Lipinski definition) is 3. The van der Waals surface area contributed by atoms with Crippen molar-refractivity contribution in [1.29, 1.82) is 0 Å². The Kier molecular flexibility index (Phi) is 2.99. The lowest BCUT2D eigenvalue weighted by molar-refractivity contribution is -0.115. The Morgan fingerprint density at radius 1 is 1.32 bits per heavy atom. The molecule has 0 aliphatic carbocycles. The van der Waals surface area contributed by atoms with Gasteiger partial charge in [-0.1, -0.05) is 15.9 Å². The van der Waals surface area contributed by atoms with Crippen molar-refractivity contribution in [2.75, 3.05) is 0 Å². The van der Waals surface area contributed by atoms with E-state index in [4.69, 9.17) is 0 Å². The molecule has 2 amide bonds. The summed E-state index contributed by atoms with van der Waals surface area (Å²) in [5.74, 6) is -0.334. The molecule has 3 rings (SSSR count). The molecule has 2 aromatic rings. The van der Waals surface area contributed by atoms with E-state index in [0.29, 0.717) is 4.91 Å². The van der Waals surface area contributed by atoms with Crippen molar-refractivity contribution in [2.45, 2.75) is 6.92 Å². The first-order valence-corrected chi connectivity index (χ1v) is 7.18. The number of aryl methyl sites for hydroxylation is 1. The van der Waals surface area contributed by atoms with Gasteiger partial charge in [-0.25, -0.2) is 0 Å². The fourth-order valence-corrected chi connectivity index (χ4v) is 3.08. The third-order valence-corrected chi connectivity index (χ3v) is 4.22. The Hall–Kier alpha value is -1.53. The Bertz CT molecular complexity index is 748. The number of nitrogens with one attached hydrogen (secondary N) is 2. The molecule has 1 fully saturated rings. The van der Waals surface area contributed by atoms with Crippen LogP contribution in [0.3, 0.4) is 0 Å². The predicted molar refractivity (Wildman–Crippen MR) is 79.8 cm³/mol. The molecule has 1 aliphatic rings. The maximum atomic E-state index is 11.6. The number of aromatic amines is 1. The summed E-state index contributed by atoms with van der Waals surface area (Å²) >= 11 is 4.37. The Morgan fingerprint density at radius 2 is 2.11 bits per heavy atom. The molecule has 6 heteroatoms. The van der Waals surface area contributed by atoms with Gasteiger partial charge in [0.15, 0.2) is 0 Å². The minimum atomic E-state index is -0.334. The first kappa shape index (κ1) is 12.5. The molecule has 2 heterocycles. The van der Waals surface area contributed by atoms with E-state index >= 15 is 0 Å². The van der Waals surface area contributed by atoms with Crippen LogP contribution in [-0.4, -0.2) is 16.1 Å². The highest BCUT2D eigenvalue weighted by Crippen LogP contribution is 2.31. The van der Waals surface area contributed by atoms with Crippen LogP contribution < -0.4 is 5.32 Å². The summed E-state index contributed by atoms with van der Waals surface area (Å²) in [6.07, 6.45) is 1.76. The monoisotopic (exact) mass is 336 g/mol. The average molecular weight is 337 g/mol. The number of carbonyl (C=O) groups excluding carboxylic acids is 2. The molecule has 1 aliphatic heterocycles. The molecule has 1 aromatic heterocycles. The van der Waals surface area contributed by atoms with Crippen LogP contribution in [0.1, 0.15) is 11.3 Å². The van der Waals surface area contributed by atoms with E-state index in [2.05, 4.69) is 26.2 Å². The highest BCUT2D eigenvalue weighted by molar-refractivity contribution is 9.10. The quantitative estimate of drug-likeness (QED) is 0.782. The van der Waals surface area contributed by atoms with Gasteiger partial charge in [0.25, 0.3) is 11.1 Å². The molecule has 0 unspecified atom stereocenters. The van der Waals surface area contributed by atoms with Crippen LogP contribution in [0.15, 0.2) is 27.6 Å². The summed E-state index contributed by atoms with van der Waals surface area (Å²) in [6, 6.07) is 5.92. The molecule has 0 atom stereocenters. The van der Waals surface area contributed by atoms with Gasteiger partial charge in [0.2, 0.25) is 0 Å². The highest BCUT2D eigenvalue weighted by atomic mass is 79.9. The second-order valence-electron chi connectivity index (χ2n) is 4.21. The summed E-state index contributed by atoms with van der Waals surface area (Å²) < 4.78 is 0.971. The minimum Gasteiger partial charge on any atom is -0.358 e. The number of fused-ring (bicyclic) bond motifs is 1. The van der Waals surface area contributed by atoms with Crippen LogP contribution in [-0.2, 0) is 4.79 Å². The van der Waals surface area contributed by atoms with Gasteiger partial charge in [0.05, 0.1) is 4.91 Å². The fourth-order valence-electron chi connectivity index (χ4n) is 2.06. The zero-order chi connectivity index (χ0) is 13.6. The lowest BCUT2D eigenvalue weighted by Crippen LogP contribution is -2.17. The van der Waals surface area contributed by atoms with Crippen molar-refractivity contribution in [2.24, 2.45) is 0 Å². The van der Waals surface area contributed by atoms with Gasteiger partial charge in [-0.2, -0.15) is 0 Å². The predicted octanol–water partition coefficient (Wildman–Crippen LogP) is 3.56. The summed E-state index contributed by atoms with van der Waals surface area (Å²) in [6.45, 7) is 1.94. The third kappa shape index (κ3) is 2.21. The van der Waals surface area contributed by atoms with Crippen molar-refractivity contribution >= 4 is 55.8 Å². The molecule has 0 spiro atoms. The molecule has 0 radical (unpaired) electrons. The van der Waals surface area contributed by atoms with E-state index in [1.807, 2.05) is 25.1 Å². The Balaban J connectivity index is 2.17. The molecule has 0 bridgehead atoms. The van der Waals surface area contributed by atoms with Crippen LogP contribution in [0, 0.1) is 6.92 Å². The Labute approximate surface area is 121 Å². The first-order valence-electron chi connectivity index (χ1n) is 5.57. The summed E-state index contributed by atoms with van der Waals surface area (Å²) in [7, 11) is 0. The number of benzene rings is 1. The van der Waals surface area contributed by atoms with Crippen molar-refractivity contribution in [3.63, 3.8) is 0 Å². The molecular formula is C13H9BrN2O2S. The second-order valence-corrected chi connectivity index (χ2v) is 6.14. The van der Waals surface area contributed by atoms with Gasteiger partial charge in [-0.15, -0.1) is 0 Å². The number of thioether (sulfide) groups is 1. The first-order chi connectivity index (χ1) is 9.04. The molecule has 1 aromatic carbocycles. The van der Waals surface area contributed by atoms with E-state index in [9.17, 15) is 9.59 Å². The standard InChI is InChI=1S/C13H9BrN2O2S/c1-6-8(5-11-12(17)16-13(18)19-11)9-4-7(14)2-3-10(9)15-6/h2-5,15H,1H3,(H,16,17,18)/b11-5+. The van der Waals surface area contributed by atoms with Gasteiger partial charge in [0, 0.05) is 26.6 Å². The largest absolute Gasteiger partial charge is 0.358 e. The molecule has 96 valence electrons. The van der Waals surface area contributed by atoms with Crippen molar-refractivity contribution in [3.8, 4) is 0 Å². The topological polar surface area (TPSA) is 62.0 Å². The van der Waals surface area contributed by atoms with Crippen molar-refractivity contribution < 1.29 is 9.59 Å². The molecule has 19 heavy (non-hydrogen) atoms. The smallest absolute Gasteiger partial charge is 0.290 e. The SMILES string of the molecule is Cc1[nH]c2ccc(Br)cc2c1/C=C1/SC(=O)NC1=O. The number of amides is 2. The zero-order valence-electron chi connectivity index (χ0n) is 9.91. The fraction of sp³-hybridized carbons (Fsp3) is 0.0769. The number of H-pyrrole nitrogens is 1. The van der Waals surface area contributed by atoms with Crippen LogP contribution in [0.25, 0.3) is 17.0 Å². The van der Waals surface area contributed by atoms with Crippen LogP contribution in [0.5, 0.6) is 0 Å².